The van der Waals surface area contributed by atoms with Crippen molar-refractivity contribution in [1.82, 2.24) is 4.90 Å². The van der Waals surface area contributed by atoms with Gasteiger partial charge in [-0.15, -0.1) is 0 Å². The molecule has 3 atom stereocenters. The van der Waals surface area contributed by atoms with Crippen molar-refractivity contribution in [3.63, 3.8) is 0 Å². The van der Waals surface area contributed by atoms with Gasteiger partial charge in [-0.1, -0.05) is 30.3 Å². The number of hydrogen-bond acceptors (Lipinski definition) is 4. The lowest BCUT2D eigenvalue weighted by Crippen LogP contribution is -2.58. The van der Waals surface area contributed by atoms with Crippen LogP contribution in [0.4, 0.5) is 0 Å². The molecule has 2 N–H and O–H groups in total. The highest BCUT2D eigenvalue weighted by Crippen LogP contribution is 2.54. The quantitative estimate of drug-likeness (QED) is 0.868. The summed E-state index contributed by atoms with van der Waals surface area (Å²) in [5.74, 6) is 0.275. The van der Waals surface area contributed by atoms with Crippen molar-refractivity contribution in [2.24, 2.45) is 17.1 Å². The Hall–Kier alpha value is -1.39. The van der Waals surface area contributed by atoms with Gasteiger partial charge in [0.05, 0.1) is 0 Å². The third kappa shape index (κ3) is 3.29. The maximum Gasteiger partial charge on any atom is 0.324 e. The fraction of sp³-hybridized carbons (Fsp3) is 0.632. The average Bonchev–Trinajstić information content (AvgIpc) is 2.70. The summed E-state index contributed by atoms with van der Waals surface area (Å²) in [5, 5.41) is 0. The molecule has 1 aromatic rings. The van der Waals surface area contributed by atoms with Crippen molar-refractivity contribution in [1.29, 1.82) is 0 Å². The van der Waals surface area contributed by atoms with Crippen LogP contribution in [0.25, 0.3) is 0 Å². The number of nitrogens with zero attached hydrogens (tertiary/aromatic N) is 1. The van der Waals surface area contributed by atoms with E-state index in [1.54, 1.807) is 0 Å². The lowest BCUT2D eigenvalue weighted by molar-refractivity contribution is -0.163. The summed E-state index contributed by atoms with van der Waals surface area (Å²) < 4.78 is 5.53. The van der Waals surface area contributed by atoms with Crippen LogP contribution in [-0.2, 0) is 16.1 Å². The summed E-state index contributed by atoms with van der Waals surface area (Å²) in [5.41, 5.74) is 7.11. The molecule has 2 fully saturated rings. The van der Waals surface area contributed by atoms with Gasteiger partial charge in [-0.25, -0.2) is 0 Å². The Morgan fingerprint density at radius 1 is 1.39 bits per heavy atom. The van der Waals surface area contributed by atoms with E-state index < -0.39 is 11.6 Å². The standard InChI is InChI=1S/C19H28N2O2/c1-18(2,3)23-17(22)16(20)19-10-9-15(19)12-21(13-19)11-14-7-5-4-6-8-14/h4-8,15-16H,9-13,20H2,1-3H3. The van der Waals surface area contributed by atoms with Crippen molar-refractivity contribution >= 4 is 5.97 Å². The fourth-order valence-corrected chi connectivity index (χ4v) is 4.06. The van der Waals surface area contributed by atoms with Crippen molar-refractivity contribution in [2.75, 3.05) is 13.1 Å². The number of carbonyl (C=O) groups excluding carboxylic acids is 1. The van der Waals surface area contributed by atoms with Gasteiger partial charge in [0.2, 0.25) is 0 Å². The van der Waals surface area contributed by atoms with Gasteiger partial charge in [0.1, 0.15) is 11.6 Å². The minimum Gasteiger partial charge on any atom is -0.459 e. The molecule has 0 spiro atoms. The van der Waals surface area contributed by atoms with Gasteiger partial charge in [-0.05, 0) is 45.1 Å². The SMILES string of the molecule is CC(C)(C)OC(=O)C(N)C12CCC1CN(Cc1ccccc1)C2. The van der Waals surface area contributed by atoms with Gasteiger partial charge < -0.3 is 10.5 Å². The van der Waals surface area contributed by atoms with Crippen LogP contribution in [0, 0.1) is 11.3 Å². The summed E-state index contributed by atoms with van der Waals surface area (Å²) >= 11 is 0. The molecule has 2 aliphatic rings. The number of benzene rings is 1. The monoisotopic (exact) mass is 316 g/mol. The van der Waals surface area contributed by atoms with E-state index in [4.69, 9.17) is 10.5 Å². The van der Waals surface area contributed by atoms with E-state index >= 15 is 0 Å². The molecule has 1 aliphatic carbocycles. The minimum atomic E-state index is -0.513. The Kier molecular flexibility index (Phi) is 4.23. The number of rotatable bonds is 4. The van der Waals surface area contributed by atoms with Gasteiger partial charge in [0.25, 0.3) is 0 Å². The molecular weight excluding hydrogens is 288 g/mol. The molecule has 126 valence electrons. The van der Waals surface area contributed by atoms with Crippen LogP contribution in [0.2, 0.25) is 0 Å². The van der Waals surface area contributed by atoms with Crippen LogP contribution in [0.1, 0.15) is 39.2 Å². The van der Waals surface area contributed by atoms with Crippen LogP contribution >= 0.6 is 0 Å². The molecule has 4 nitrogen and oxygen atoms in total. The fourth-order valence-electron chi connectivity index (χ4n) is 4.06. The summed E-state index contributed by atoms with van der Waals surface area (Å²) in [6.07, 6.45) is 2.20. The number of carbonyl (C=O) groups is 1. The molecule has 1 saturated carbocycles. The van der Waals surface area contributed by atoms with Gasteiger partial charge in [-0.3, -0.25) is 9.69 Å². The van der Waals surface area contributed by atoms with Crippen molar-refractivity contribution in [3.8, 4) is 0 Å². The van der Waals surface area contributed by atoms with E-state index in [0.29, 0.717) is 5.92 Å². The van der Waals surface area contributed by atoms with E-state index in [9.17, 15) is 4.79 Å². The van der Waals surface area contributed by atoms with E-state index in [1.807, 2.05) is 26.8 Å². The zero-order chi connectivity index (χ0) is 16.7. The van der Waals surface area contributed by atoms with Crippen LogP contribution in [0.15, 0.2) is 30.3 Å². The zero-order valence-corrected chi connectivity index (χ0v) is 14.4. The first-order valence-electron chi connectivity index (χ1n) is 8.55. The molecule has 3 rings (SSSR count). The molecule has 3 unspecified atom stereocenters. The van der Waals surface area contributed by atoms with Crippen molar-refractivity contribution < 1.29 is 9.53 Å². The molecule has 0 amide bonds. The highest BCUT2D eigenvalue weighted by molar-refractivity contribution is 5.77. The number of esters is 1. The molecule has 1 saturated heterocycles. The largest absolute Gasteiger partial charge is 0.459 e. The second-order valence-corrected chi connectivity index (χ2v) is 8.14. The van der Waals surface area contributed by atoms with Gasteiger partial charge >= 0.3 is 5.97 Å². The second-order valence-electron chi connectivity index (χ2n) is 8.14. The Balaban J connectivity index is 1.67. The first kappa shape index (κ1) is 16.5. The molecular formula is C19H28N2O2. The molecule has 1 aliphatic heterocycles. The lowest BCUT2D eigenvalue weighted by Gasteiger charge is -2.47. The Bertz CT molecular complexity index is 566. The summed E-state index contributed by atoms with van der Waals surface area (Å²) in [7, 11) is 0. The third-order valence-electron chi connectivity index (χ3n) is 5.30. The molecule has 1 heterocycles. The van der Waals surface area contributed by atoms with Gasteiger partial charge in [-0.2, -0.15) is 0 Å². The normalized spacial score (nSPS) is 28.8. The first-order valence-corrected chi connectivity index (χ1v) is 8.55. The first-order chi connectivity index (χ1) is 10.8. The average molecular weight is 316 g/mol. The molecule has 0 radical (unpaired) electrons. The summed E-state index contributed by atoms with van der Waals surface area (Å²) in [6, 6.07) is 9.98. The third-order valence-corrected chi connectivity index (χ3v) is 5.30. The number of fused-ring (bicyclic) bond motifs is 1. The van der Waals surface area contributed by atoms with Gasteiger partial charge in [0.15, 0.2) is 0 Å². The molecule has 1 aromatic carbocycles. The van der Waals surface area contributed by atoms with Crippen LogP contribution in [0.3, 0.4) is 0 Å². The van der Waals surface area contributed by atoms with Gasteiger partial charge in [0, 0.05) is 25.0 Å². The molecule has 23 heavy (non-hydrogen) atoms. The van der Waals surface area contributed by atoms with Crippen LogP contribution < -0.4 is 5.73 Å². The maximum atomic E-state index is 12.4. The summed E-state index contributed by atoms with van der Waals surface area (Å²) in [6.45, 7) is 8.54. The number of nitrogens with two attached hydrogens (primary N) is 1. The van der Waals surface area contributed by atoms with Crippen LogP contribution in [0.5, 0.6) is 0 Å². The summed E-state index contributed by atoms with van der Waals surface area (Å²) in [4.78, 5) is 14.9. The predicted octanol–water partition coefficient (Wildman–Crippen LogP) is 2.57. The Morgan fingerprint density at radius 2 is 2.09 bits per heavy atom. The van der Waals surface area contributed by atoms with E-state index in [0.717, 1.165) is 26.1 Å². The highest BCUT2D eigenvalue weighted by atomic mass is 16.6. The number of ether oxygens (including phenoxy) is 1. The molecule has 0 bridgehead atoms. The Labute approximate surface area is 139 Å². The number of likely N-dealkylation sites (tertiary alicyclic amines) is 1. The molecule has 4 heteroatoms. The second kappa shape index (κ2) is 5.91. The highest BCUT2D eigenvalue weighted by Gasteiger charge is 2.58. The maximum absolute atomic E-state index is 12.4. The topological polar surface area (TPSA) is 55.6 Å². The smallest absolute Gasteiger partial charge is 0.324 e. The van der Waals surface area contributed by atoms with E-state index in [-0.39, 0.29) is 11.4 Å². The van der Waals surface area contributed by atoms with Crippen LogP contribution in [-0.4, -0.2) is 35.6 Å². The number of hydrogen-bond donors (Lipinski definition) is 1. The Morgan fingerprint density at radius 3 is 2.65 bits per heavy atom. The lowest BCUT2D eigenvalue weighted by atomic mass is 9.58. The van der Waals surface area contributed by atoms with Crippen molar-refractivity contribution in [2.45, 2.75) is 51.8 Å². The van der Waals surface area contributed by atoms with E-state index in [1.165, 1.54) is 12.0 Å². The van der Waals surface area contributed by atoms with Crippen molar-refractivity contribution in [3.05, 3.63) is 35.9 Å². The zero-order valence-electron chi connectivity index (χ0n) is 14.4. The minimum absolute atomic E-state index is 0.0862. The molecule has 0 aromatic heterocycles. The predicted molar refractivity (Wildman–Crippen MR) is 90.7 cm³/mol. The van der Waals surface area contributed by atoms with E-state index in [2.05, 4.69) is 29.2 Å².